The molecule has 178 valence electrons. The molecule has 4 aromatic rings. The molecule has 34 heavy (non-hydrogen) atoms. The quantitative estimate of drug-likeness (QED) is 0.386. The Balaban J connectivity index is 1.60. The summed E-state index contributed by atoms with van der Waals surface area (Å²) in [6.07, 6.45) is -0.381. The third kappa shape index (κ3) is 4.46. The van der Waals surface area contributed by atoms with E-state index < -0.39 is 0 Å². The van der Waals surface area contributed by atoms with E-state index in [1.165, 1.54) is 5.56 Å². The minimum absolute atomic E-state index is 0.381. The van der Waals surface area contributed by atoms with Crippen LogP contribution in [0.4, 0.5) is 0 Å². The third-order valence-corrected chi connectivity index (χ3v) is 6.70. The molecule has 0 N–H and O–H groups in total. The van der Waals surface area contributed by atoms with Gasteiger partial charge in [-0.25, -0.2) is 4.98 Å². The van der Waals surface area contributed by atoms with Crippen molar-refractivity contribution in [2.24, 2.45) is 0 Å². The number of aromatic nitrogens is 4. The second-order valence-corrected chi connectivity index (χ2v) is 9.25. The van der Waals surface area contributed by atoms with Crippen LogP contribution < -0.4 is 4.74 Å². The molecule has 3 heterocycles. The van der Waals surface area contributed by atoms with Crippen LogP contribution in [-0.4, -0.2) is 76.0 Å². The molecule has 0 amide bonds. The summed E-state index contributed by atoms with van der Waals surface area (Å²) in [7, 11) is 3.78. The van der Waals surface area contributed by atoms with Crippen LogP contribution in [0.2, 0.25) is 5.02 Å². The fourth-order valence-corrected chi connectivity index (χ4v) is 4.55. The molecule has 1 atom stereocenters. The highest BCUT2D eigenvalue weighted by Crippen LogP contribution is 2.33. The normalized spacial score (nSPS) is 16.4. The third-order valence-electron chi connectivity index (χ3n) is 6.37. The second-order valence-electron chi connectivity index (χ2n) is 8.85. The Morgan fingerprint density at radius 2 is 1.85 bits per heavy atom. The van der Waals surface area contributed by atoms with Gasteiger partial charge in [-0.15, -0.1) is 10.2 Å². The number of fused-ring (bicyclic) bond motifs is 3. The van der Waals surface area contributed by atoms with Gasteiger partial charge in [-0.2, -0.15) is 0 Å². The summed E-state index contributed by atoms with van der Waals surface area (Å²) in [5.74, 6) is 1.30. The number of benzene rings is 2. The van der Waals surface area contributed by atoms with Crippen molar-refractivity contribution in [3.05, 3.63) is 52.7 Å². The molecule has 0 bridgehead atoms. The molecule has 1 aliphatic heterocycles. The fourth-order valence-electron chi connectivity index (χ4n) is 4.35. The lowest BCUT2D eigenvalue weighted by atomic mass is 10.1. The highest BCUT2D eigenvalue weighted by molar-refractivity contribution is 6.33. The van der Waals surface area contributed by atoms with E-state index in [1.807, 2.05) is 32.0 Å². The molecule has 0 spiro atoms. The van der Waals surface area contributed by atoms with Gasteiger partial charge in [-0.1, -0.05) is 17.7 Å². The Morgan fingerprint density at radius 3 is 2.62 bits per heavy atom. The molecule has 9 heteroatoms. The van der Waals surface area contributed by atoms with Crippen molar-refractivity contribution in [1.29, 1.82) is 0 Å². The minimum Gasteiger partial charge on any atom is -0.465 e. The van der Waals surface area contributed by atoms with E-state index in [9.17, 15) is 0 Å². The number of ether oxygens (including phenoxy) is 2. The molecule has 0 saturated carbocycles. The molecule has 1 aliphatic rings. The summed E-state index contributed by atoms with van der Waals surface area (Å²) in [4.78, 5) is 9.64. The lowest BCUT2D eigenvalue weighted by Gasteiger charge is -2.32. The predicted octanol–water partition coefficient (Wildman–Crippen LogP) is 4.02. The molecule has 2 aromatic carbocycles. The standard InChI is InChI=1S/C25H29ClN6O2/c1-16-24-28-29-25(20-14-19(6-7-21(20)26)34-17(2)33-4)32(24)23-13-18(5-8-22(23)27-16)15-31-11-9-30(3)10-12-31/h5-8,13-14,17H,9-12,15H2,1-4H3. The number of nitrogens with zero attached hydrogens (tertiary/aromatic N) is 6. The predicted molar refractivity (Wildman–Crippen MR) is 133 cm³/mol. The number of rotatable bonds is 6. The van der Waals surface area contributed by atoms with Crippen molar-refractivity contribution >= 4 is 28.3 Å². The van der Waals surface area contributed by atoms with Crippen molar-refractivity contribution in [3.8, 4) is 17.1 Å². The van der Waals surface area contributed by atoms with Crippen molar-refractivity contribution in [3.63, 3.8) is 0 Å². The molecule has 8 nitrogen and oxygen atoms in total. The molecule has 1 unspecified atom stereocenters. The molecule has 0 aliphatic carbocycles. The Bertz CT molecular complexity index is 1330. The first-order valence-corrected chi connectivity index (χ1v) is 11.9. The zero-order valence-electron chi connectivity index (χ0n) is 20.0. The first-order chi connectivity index (χ1) is 16.4. The van der Waals surface area contributed by atoms with Gasteiger partial charge in [-0.3, -0.25) is 9.30 Å². The van der Waals surface area contributed by atoms with E-state index in [0.29, 0.717) is 22.2 Å². The highest BCUT2D eigenvalue weighted by atomic mass is 35.5. The van der Waals surface area contributed by atoms with E-state index in [1.54, 1.807) is 7.11 Å². The number of methoxy groups -OCH3 is 1. The van der Waals surface area contributed by atoms with Crippen LogP contribution in [0.25, 0.3) is 28.1 Å². The monoisotopic (exact) mass is 480 g/mol. The Kier molecular flexibility index (Phi) is 6.40. The molecule has 2 aromatic heterocycles. The summed E-state index contributed by atoms with van der Waals surface area (Å²) < 4.78 is 13.1. The van der Waals surface area contributed by atoms with E-state index in [0.717, 1.165) is 55.0 Å². The zero-order chi connectivity index (χ0) is 23.8. The van der Waals surface area contributed by atoms with Crippen LogP contribution in [0.15, 0.2) is 36.4 Å². The molecular formula is C25H29ClN6O2. The number of piperazine rings is 1. The molecule has 1 saturated heterocycles. The summed E-state index contributed by atoms with van der Waals surface area (Å²) in [5.41, 5.74) is 5.36. The van der Waals surface area contributed by atoms with Crippen molar-refractivity contribution in [2.75, 3.05) is 40.3 Å². The van der Waals surface area contributed by atoms with Crippen molar-refractivity contribution < 1.29 is 9.47 Å². The first-order valence-electron chi connectivity index (χ1n) is 11.5. The van der Waals surface area contributed by atoms with Crippen molar-refractivity contribution in [2.45, 2.75) is 26.7 Å². The summed E-state index contributed by atoms with van der Waals surface area (Å²) in [6, 6.07) is 12.0. The maximum Gasteiger partial charge on any atom is 0.196 e. The van der Waals surface area contributed by atoms with Gasteiger partial charge in [0.1, 0.15) is 5.75 Å². The lowest BCUT2D eigenvalue weighted by Crippen LogP contribution is -2.43. The number of likely N-dealkylation sites (N-methyl/N-ethyl adjacent to an activating group) is 1. The maximum absolute atomic E-state index is 6.63. The number of hydrogen-bond donors (Lipinski definition) is 0. The Labute approximate surface area is 204 Å². The first kappa shape index (κ1) is 23.0. The number of hydrogen-bond acceptors (Lipinski definition) is 7. The van der Waals surface area contributed by atoms with Gasteiger partial charge in [0.15, 0.2) is 17.8 Å². The van der Waals surface area contributed by atoms with E-state index in [2.05, 4.69) is 49.6 Å². The maximum atomic E-state index is 6.63. The van der Waals surface area contributed by atoms with Crippen LogP contribution in [0, 0.1) is 6.92 Å². The van der Waals surface area contributed by atoms with Crippen LogP contribution in [0.3, 0.4) is 0 Å². The van der Waals surface area contributed by atoms with Crippen molar-refractivity contribution in [1.82, 2.24) is 29.4 Å². The molecule has 0 radical (unpaired) electrons. The van der Waals surface area contributed by atoms with Gasteiger partial charge in [0, 0.05) is 45.4 Å². The van der Waals surface area contributed by atoms with E-state index in [-0.39, 0.29) is 6.29 Å². The summed E-state index contributed by atoms with van der Waals surface area (Å²) in [6.45, 7) is 9.00. The average molecular weight is 481 g/mol. The van der Waals surface area contributed by atoms with Crippen LogP contribution in [-0.2, 0) is 11.3 Å². The summed E-state index contributed by atoms with van der Waals surface area (Å²) in [5, 5.41) is 9.55. The summed E-state index contributed by atoms with van der Waals surface area (Å²) >= 11 is 6.63. The lowest BCUT2D eigenvalue weighted by molar-refractivity contribution is -0.0382. The minimum atomic E-state index is -0.381. The smallest absolute Gasteiger partial charge is 0.196 e. The SMILES string of the molecule is COC(C)Oc1ccc(Cl)c(-c2nnc3c(C)nc4ccc(CN5CCN(C)CC5)cc4n23)c1. The van der Waals surface area contributed by atoms with E-state index >= 15 is 0 Å². The van der Waals surface area contributed by atoms with Crippen LogP contribution >= 0.6 is 11.6 Å². The van der Waals surface area contributed by atoms with Gasteiger partial charge >= 0.3 is 0 Å². The Hall–Kier alpha value is -2.78. The second kappa shape index (κ2) is 9.46. The van der Waals surface area contributed by atoms with Gasteiger partial charge in [0.25, 0.3) is 0 Å². The van der Waals surface area contributed by atoms with E-state index in [4.69, 9.17) is 26.1 Å². The zero-order valence-corrected chi connectivity index (χ0v) is 20.7. The highest BCUT2D eigenvalue weighted by Gasteiger charge is 2.19. The molecule has 5 rings (SSSR count). The Morgan fingerprint density at radius 1 is 1.06 bits per heavy atom. The van der Waals surface area contributed by atoms with Gasteiger partial charge < -0.3 is 14.4 Å². The van der Waals surface area contributed by atoms with Gasteiger partial charge in [-0.05, 0) is 56.8 Å². The fraction of sp³-hybridized carbons (Fsp3) is 0.400. The van der Waals surface area contributed by atoms with Crippen LogP contribution in [0.1, 0.15) is 18.2 Å². The average Bonchev–Trinajstić information content (AvgIpc) is 3.28. The van der Waals surface area contributed by atoms with Gasteiger partial charge in [0.2, 0.25) is 0 Å². The largest absolute Gasteiger partial charge is 0.465 e. The molecule has 1 fully saturated rings. The van der Waals surface area contributed by atoms with Gasteiger partial charge in [0.05, 0.1) is 21.7 Å². The number of halogens is 1. The topological polar surface area (TPSA) is 68.0 Å². The molecular weight excluding hydrogens is 452 g/mol. The number of aryl methyl sites for hydroxylation is 1. The van der Waals surface area contributed by atoms with Crippen LogP contribution in [0.5, 0.6) is 5.75 Å².